The molecule has 6 heteroatoms. The highest BCUT2D eigenvalue weighted by Gasteiger charge is 2.11. The van der Waals surface area contributed by atoms with Crippen molar-refractivity contribution in [1.82, 2.24) is 5.32 Å². The van der Waals surface area contributed by atoms with Gasteiger partial charge in [0.2, 0.25) is 0 Å². The van der Waals surface area contributed by atoms with Crippen LogP contribution in [0.1, 0.15) is 34.0 Å². The molecule has 2 aromatic rings. The van der Waals surface area contributed by atoms with Gasteiger partial charge in [-0.05, 0) is 41.8 Å². The fourth-order valence-electron chi connectivity index (χ4n) is 2.23. The Morgan fingerprint density at radius 2 is 1.88 bits per heavy atom. The van der Waals surface area contributed by atoms with Gasteiger partial charge >= 0.3 is 0 Å². The van der Waals surface area contributed by atoms with E-state index in [0.29, 0.717) is 40.7 Å². The highest BCUT2D eigenvalue weighted by Crippen LogP contribution is 2.26. The molecule has 0 aliphatic heterocycles. The Balaban J connectivity index is 1.84. The maximum Gasteiger partial charge on any atom is 0.251 e. The number of carbonyl (C=O) groups excluding carboxylic acids is 1. The Bertz CT molecular complexity index is 689. The Labute approximate surface area is 151 Å². The van der Waals surface area contributed by atoms with Crippen molar-refractivity contribution in [2.24, 2.45) is 0 Å². The second kappa shape index (κ2) is 9.04. The quantitative estimate of drug-likeness (QED) is 0.777. The predicted molar refractivity (Wildman–Crippen MR) is 95.5 cm³/mol. The highest BCUT2D eigenvalue weighted by atomic mass is 35.5. The number of rotatable bonds is 7. The number of hydrogen-bond donors (Lipinski definition) is 2. The molecule has 1 atom stereocenters. The molecule has 0 saturated carbocycles. The lowest BCUT2D eigenvalue weighted by atomic mass is 10.1. The van der Waals surface area contributed by atoms with Crippen molar-refractivity contribution in [2.75, 3.05) is 13.7 Å². The van der Waals surface area contributed by atoms with E-state index in [1.807, 2.05) is 12.1 Å². The molecule has 2 N–H and O–H groups in total. The van der Waals surface area contributed by atoms with Crippen LogP contribution in [0.4, 0.5) is 0 Å². The van der Waals surface area contributed by atoms with Gasteiger partial charge in [-0.1, -0.05) is 41.4 Å². The Morgan fingerprint density at radius 3 is 2.50 bits per heavy atom. The molecule has 0 aliphatic carbocycles. The molecule has 2 rings (SSSR count). The van der Waals surface area contributed by atoms with Gasteiger partial charge in [-0.25, -0.2) is 0 Å². The van der Waals surface area contributed by atoms with E-state index in [2.05, 4.69) is 5.32 Å². The molecule has 0 saturated heterocycles. The number of aliphatic hydroxyl groups excluding tert-OH is 1. The molecule has 0 aromatic heterocycles. The molecule has 0 heterocycles. The molecule has 0 radical (unpaired) electrons. The first-order valence-corrected chi connectivity index (χ1v) is 8.26. The summed E-state index contributed by atoms with van der Waals surface area (Å²) in [6, 6.07) is 12.2. The maximum atomic E-state index is 12.1. The van der Waals surface area contributed by atoms with Crippen LogP contribution in [0, 0.1) is 0 Å². The summed E-state index contributed by atoms with van der Waals surface area (Å²) in [6.45, 7) is 0.859. The van der Waals surface area contributed by atoms with Crippen molar-refractivity contribution >= 4 is 29.1 Å². The minimum absolute atomic E-state index is 0.180. The third kappa shape index (κ3) is 5.21. The number of carbonyl (C=O) groups is 1. The zero-order valence-electron chi connectivity index (χ0n) is 13.3. The Kier molecular flexibility index (Phi) is 7.06. The molecule has 0 fully saturated rings. The molecule has 1 amide bonds. The lowest BCUT2D eigenvalue weighted by molar-refractivity contribution is 0.0942. The molecular formula is C18H19Cl2NO3. The van der Waals surface area contributed by atoms with Crippen LogP contribution >= 0.6 is 23.2 Å². The summed E-state index contributed by atoms with van der Waals surface area (Å²) in [5.74, 6) is -0.180. The molecule has 0 unspecified atom stereocenters. The summed E-state index contributed by atoms with van der Waals surface area (Å²) in [7, 11) is 1.62. The summed E-state index contributed by atoms with van der Waals surface area (Å²) in [4.78, 5) is 12.1. The van der Waals surface area contributed by atoms with Gasteiger partial charge in [-0.15, -0.1) is 0 Å². The molecule has 24 heavy (non-hydrogen) atoms. The fraction of sp³-hybridized carbons (Fsp3) is 0.278. The number of ether oxygens (including phenoxy) is 1. The lowest BCUT2D eigenvalue weighted by Crippen LogP contribution is -2.25. The number of hydrogen-bond acceptors (Lipinski definition) is 3. The molecule has 128 valence electrons. The first kappa shape index (κ1) is 18.7. The van der Waals surface area contributed by atoms with E-state index in [1.54, 1.807) is 37.4 Å². The van der Waals surface area contributed by atoms with E-state index in [9.17, 15) is 9.90 Å². The number of nitrogens with one attached hydrogen (secondary N) is 1. The highest BCUT2D eigenvalue weighted by molar-refractivity contribution is 6.42. The molecule has 0 bridgehead atoms. The first-order chi connectivity index (χ1) is 11.5. The number of methoxy groups -OCH3 is 1. The standard InChI is InChI=1S/C18H19Cl2NO3/c1-24-11-12-2-4-13(5-3-12)18(23)21-9-8-17(22)14-6-7-15(19)16(20)10-14/h2-7,10,17,22H,8-9,11H2,1H3,(H,21,23)/t17-/m0/s1. The van der Waals surface area contributed by atoms with Gasteiger partial charge in [-0.3, -0.25) is 4.79 Å². The van der Waals surface area contributed by atoms with E-state index in [1.165, 1.54) is 0 Å². The van der Waals surface area contributed by atoms with Gasteiger partial charge in [0.05, 0.1) is 22.8 Å². The lowest BCUT2D eigenvalue weighted by Gasteiger charge is -2.12. The van der Waals surface area contributed by atoms with Crippen LogP contribution in [0.2, 0.25) is 10.0 Å². The van der Waals surface area contributed by atoms with Crippen LogP contribution in [-0.4, -0.2) is 24.7 Å². The van der Waals surface area contributed by atoms with Crippen molar-refractivity contribution in [3.05, 3.63) is 69.2 Å². The maximum absolute atomic E-state index is 12.1. The summed E-state index contributed by atoms with van der Waals surface area (Å²) >= 11 is 11.8. The van der Waals surface area contributed by atoms with E-state index in [4.69, 9.17) is 27.9 Å². The minimum atomic E-state index is -0.718. The molecule has 2 aromatic carbocycles. The van der Waals surface area contributed by atoms with Crippen molar-refractivity contribution in [3.63, 3.8) is 0 Å². The Hall–Kier alpha value is -1.59. The van der Waals surface area contributed by atoms with Crippen LogP contribution in [-0.2, 0) is 11.3 Å². The monoisotopic (exact) mass is 367 g/mol. The first-order valence-electron chi connectivity index (χ1n) is 7.50. The van der Waals surface area contributed by atoms with Crippen molar-refractivity contribution in [1.29, 1.82) is 0 Å². The number of halogens is 2. The third-order valence-corrected chi connectivity index (χ3v) is 4.30. The predicted octanol–water partition coefficient (Wildman–Crippen LogP) is 3.99. The second-order valence-electron chi connectivity index (χ2n) is 5.36. The topological polar surface area (TPSA) is 58.6 Å². The normalized spacial score (nSPS) is 12.0. The van der Waals surface area contributed by atoms with Gasteiger partial charge < -0.3 is 15.2 Å². The van der Waals surface area contributed by atoms with E-state index < -0.39 is 6.10 Å². The SMILES string of the molecule is COCc1ccc(C(=O)NCC[C@H](O)c2ccc(Cl)c(Cl)c2)cc1. The average molecular weight is 368 g/mol. The summed E-state index contributed by atoms with van der Waals surface area (Å²) < 4.78 is 5.03. The summed E-state index contributed by atoms with van der Waals surface area (Å²) in [6.07, 6.45) is -0.338. The van der Waals surface area contributed by atoms with Gasteiger partial charge in [-0.2, -0.15) is 0 Å². The van der Waals surface area contributed by atoms with E-state index >= 15 is 0 Å². The van der Waals surface area contributed by atoms with Crippen LogP contribution < -0.4 is 5.32 Å². The fourth-order valence-corrected chi connectivity index (χ4v) is 2.54. The molecular weight excluding hydrogens is 349 g/mol. The van der Waals surface area contributed by atoms with Crippen LogP contribution in [0.3, 0.4) is 0 Å². The summed E-state index contributed by atoms with van der Waals surface area (Å²) in [5, 5.41) is 13.8. The smallest absolute Gasteiger partial charge is 0.251 e. The summed E-state index contributed by atoms with van der Waals surface area (Å²) in [5.41, 5.74) is 2.24. The van der Waals surface area contributed by atoms with Gasteiger partial charge in [0, 0.05) is 19.2 Å². The number of aliphatic hydroxyl groups is 1. The third-order valence-electron chi connectivity index (χ3n) is 3.56. The van der Waals surface area contributed by atoms with Crippen molar-refractivity contribution in [3.8, 4) is 0 Å². The zero-order chi connectivity index (χ0) is 17.5. The Morgan fingerprint density at radius 1 is 1.17 bits per heavy atom. The zero-order valence-corrected chi connectivity index (χ0v) is 14.8. The van der Waals surface area contributed by atoms with Gasteiger partial charge in [0.15, 0.2) is 0 Å². The van der Waals surface area contributed by atoms with Crippen molar-refractivity contribution < 1.29 is 14.6 Å². The molecule has 4 nitrogen and oxygen atoms in total. The largest absolute Gasteiger partial charge is 0.388 e. The van der Waals surface area contributed by atoms with Crippen LogP contribution in [0.25, 0.3) is 0 Å². The van der Waals surface area contributed by atoms with Crippen LogP contribution in [0.15, 0.2) is 42.5 Å². The van der Waals surface area contributed by atoms with Crippen LogP contribution in [0.5, 0.6) is 0 Å². The van der Waals surface area contributed by atoms with Crippen molar-refractivity contribution in [2.45, 2.75) is 19.1 Å². The van der Waals surface area contributed by atoms with Gasteiger partial charge in [0.1, 0.15) is 0 Å². The molecule has 0 aliphatic rings. The average Bonchev–Trinajstić information content (AvgIpc) is 2.58. The number of benzene rings is 2. The number of amides is 1. The second-order valence-corrected chi connectivity index (χ2v) is 6.18. The molecule has 0 spiro atoms. The minimum Gasteiger partial charge on any atom is -0.388 e. The van der Waals surface area contributed by atoms with Gasteiger partial charge in [0.25, 0.3) is 5.91 Å². The van der Waals surface area contributed by atoms with E-state index in [0.717, 1.165) is 5.56 Å². The van der Waals surface area contributed by atoms with E-state index in [-0.39, 0.29) is 5.91 Å².